The molecular weight excluding hydrogens is 238 g/mol. The molecule has 1 unspecified atom stereocenters. The molecule has 17 heavy (non-hydrogen) atoms. The standard InChI is InChI=1S/C11H17N3O2S/c15-5-9(16)6-17-11-13-12-10(7-1-2-7)14(11)8-3-4-8/h7-9,15-16H,1-6H2. The summed E-state index contributed by atoms with van der Waals surface area (Å²) in [6.45, 7) is -0.194. The molecule has 2 N–H and O–H groups in total. The smallest absolute Gasteiger partial charge is 0.191 e. The van der Waals surface area contributed by atoms with Crippen LogP contribution < -0.4 is 0 Å². The van der Waals surface area contributed by atoms with E-state index in [1.165, 1.54) is 37.4 Å². The highest BCUT2D eigenvalue weighted by molar-refractivity contribution is 7.99. The van der Waals surface area contributed by atoms with Crippen molar-refractivity contribution in [2.24, 2.45) is 0 Å². The highest BCUT2D eigenvalue weighted by Crippen LogP contribution is 2.45. The van der Waals surface area contributed by atoms with Crippen LogP contribution in [0, 0.1) is 0 Å². The van der Waals surface area contributed by atoms with Gasteiger partial charge in [0.15, 0.2) is 5.16 Å². The molecule has 1 aromatic heterocycles. The second-order valence-corrected chi connectivity index (χ2v) is 5.85. The summed E-state index contributed by atoms with van der Waals surface area (Å²) < 4.78 is 2.26. The molecule has 0 amide bonds. The molecule has 1 atom stereocenters. The van der Waals surface area contributed by atoms with Crippen LogP contribution >= 0.6 is 11.8 Å². The lowest BCUT2D eigenvalue weighted by molar-refractivity contribution is 0.113. The Morgan fingerprint density at radius 3 is 2.65 bits per heavy atom. The molecular formula is C11H17N3O2S. The summed E-state index contributed by atoms with van der Waals surface area (Å²) in [5.74, 6) is 2.22. The normalized spacial score (nSPS) is 21.8. The van der Waals surface area contributed by atoms with Crippen LogP contribution in [0.2, 0.25) is 0 Å². The Bertz CT molecular complexity index is 401. The van der Waals surface area contributed by atoms with Crippen molar-refractivity contribution in [3.05, 3.63) is 5.82 Å². The van der Waals surface area contributed by atoms with Crippen LogP contribution in [0.25, 0.3) is 0 Å². The highest BCUT2D eigenvalue weighted by atomic mass is 32.2. The van der Waals surface area contributed by atoms with E-state index in [9.17, 15) is 5.11 Å². The Morgan fingerprint density at radius 2 is 2.06 bits per heavy atom. The maximum atomic E-state index is 9.36. The lowest BCUT2D eigenvalue weighted by Gasteiger charge is -2.09. The van der Waals surface area contributed by atoms with Crippen molar-refractivity contribution in [2.45, 2.75) is 48.9 Å². The summed E-state index contributed by atoms with van der Waals surface area (Å²) in [5, 5.41) is 27.6. The van der Waals surface area contributed by atoms with Gasteiger partial charge in [-0.3, -0.25) is 0 Å². The zero-order valence-electron chi connectivity index (χ0n) is 9.62. The molecule has 6 heteroatoms. The van der Waals surface area contributed by atoms with Crippen LogP contribution in [0.15, 0.2) is 5.16 Å². The van der Waals surface area contributed by atoms with Gasteiger partial charge in [0, 0.05) is 17.7 Å². The number of hydrogen-bond donors (Lipinski definition) is 2. The number of aliphatic hydroxyl groups excluding tert-OH is 2. The average Bonchev–Trinajstić information content (AvgIpc) is 3.24. The minimum Gasteiger partial charge on any atom is -0.394 e. The van der Waals surface area contributed by atoms with Gasteiger partial charge in [-0.2, -0.15) is 0 Å². The van der Waals surface area contributed by atoms with Crippen LogP contribution in [0.5, 0.6) is 0 Å². The van der Waals surface area contributed by atoms with Crippen molar-refractivity contribution in [2.75, 3.05) is 12.4 Å². The molecule has 3 rings (SSSR count). The molecule has 0 aliphatic heterocycles. The fourth-order valence-electron chi connectivity index (χ4n) is 1.91. The minimum absolute atomic E-state index is 0.194. The van der Waals surface area contributed by atoms with Gasteiger partial charge in [-0.05, 0) is 25.7 Å². The zero-order valence-corrected chi connectivity index (χ0v) is 10.4. The van der Waals surface area contributed by atoms with Gasteiger partial charge >= 0.3 is 0 Å². The van der Waals surface area contributed by atoms with Crippen molar-refractivity contribution in [1.82, 2.24) is 14.8 Å². The molecule has 1 heterocycles. The fourth-order valence-corrected chi connectivity index (χ4v) is 2.83. The predicted octanol–water partition coefficient (Wildman–Crippen LogP) is 0.936. The van der Waals surface area contributed by atoms with E-state index in [-0.39, 0.29) is 6.61 Å². The number of nitrogens with zero attached hydrogens (tertiary/aromatic N) is 3. The molecule has 2 fully saturated rings. The second kappa shape index (κ2) is 4.59. The molecule has 0 bridgehead atoms. The van der Waals surface area contributed by atoms with Gasteiger partial charge in [-0.25, -0.2) is 0 Å². The first-order valence-corrected chi connectivity index (χ1v) is 7.14. The van der Waals surface area contributed by atoms with E-state index < -0.39 is 6.10 Å². The number of rotatable bonds is 6. The first-order valence-electron chi connectivity index (χ1n) is 6.16. The molecule has 0 radical (unpaired) electrons. The van der Waals surface area contributed by atoms with Crippen molar-refractivity contribution in [3.8, 4) is 0 Å². The molecule has 0 spiro atoms. The lowest BCUT2D eigenvalue weighted by atomic mass is 10.4. The Kier molecular flexibility index (Phi) is 3.10. The molecule has 2 aliphatic carbocycles. The SMILES string of the molecule is OCC(O)CSc1nnc(C2CC2)n1C1CC1. The molecule has 0 saturated heterocycles. The van der Waals surface area contributed by atoms with Gasteiger partial charge in [0.05, 0.1) is 12.7 Å². The van der Waals surface area contributed by atoms with E-state index in [0.717, 1.165) is 11.0 Å². The third-order valence-electron chi connectivity index (χ3n) is 3.16. The summed E-state index contributed by atoms with van der Waals surface area (Å²) in [5.41, 5.74) is 0. The van der Waals surface area contributed by atoms with Crippen molar-refractivity contribution >= 4 is 11.8 Å². The quantitative estimate of drug-likeness (QED) is 0.740. The van der Waals surface area contributed by atoms with Crippen molar-refractivity contribution in [3.63, 3.8) is 0 Å². The molecule has 1 aromatic rings. The summed E-state index contributed by atoms with van der Waals surface area (Å²) >= 11 is 1.49. The van der Waals surface area contributed by atoms with E-state index >= 15 is 0 Å². The number of aliphatic hydroxyl groups is 2. The number of aromatic nitrogens is 3. The topological polar surface area (TPSA) is 71.2 Å². The molecule has 0 aromatic carbocycles. The third kappa shape index (κ3) is 2.48. The molecule has 94 valence electrons. The van der Waals surface area contributed by atoms with E-state index in [0.29, 0.717) is 17.7 Å². The average molecular weight is 255 g/mol. The van der Waals surface area contributed by atoms with Gasteiger partial charge < -0.3 is 14.8 Å². The van der Waals surface area contributed by atoms with Gasteiger partial charge in [-0.1, -0.05) is 11.8 Å². The minimum atomic E-state index is -0.672. The summed E-state index contributed by atoms with van der Waals surface area (Å²) in [4.78, 5) is 0. The maximum absolute atomic E-state index is 9.36. The summed E-state index contributed by atoms with van der Waals surface area (Å²) in [6, 6.07) is 0.578. The summed E-state index contributed by atoms with van der Waals surface area (Å²) in [7, 11) is 0. The van der Waals surface area contributed by atoms with Crippen LogP contribution in [0.1, 0.15) is 43.5 Å². The predicted molar refractivity (Wildman–Crippen MR) is 64.1 cm³/mol. The molecule has 2 aliphatic rings. The van der Waals surface area contributed by atoms with Gasteiger partial charge in [0.25, 0.3) is 0 Å². The largest absolute Gasteiger partial charge is 0.394 e. The fraction of sp³-hybridized carbons (Fsp3) is 0.818. The van der Waals surface area contributed by atoms with Gasteiger partial charge in [0.1, 0.15) is 5.82 Å². The van der Waals surface area contributed by atoms with Crippen molar-refractivity contribution < 1.29 is 10.2 Å². The monoisotopic (exact) mass is 255 g/mol. The van der Waals surface area contributed by atoms with E-state index in [1.54, 1.807) is 0 Å². The first kappa shape index (κ1) is 11.5. The van der Waals surface area contributed by atoms with E-state index in [2.05, 4.69) is 14.8 Å². The molecule has 5 nitrogen and oxygen atoms in total. The number of thioether (sulfide) groups is 1. The van der Waals surface area contributed by atoms with Crippen LogP contribution in [-0.2, 0) is 0 Å². The first-order chi connectivity index (χ1) is 8.29. The van der Waals surface area contributed by atoms with Gasteiger partial charge in [-0.15, -0.1) is 10.2 Å². The number of hydrogen-bond acceptors (Lipinski definition) is 5. The maximum Gasteiger partial charge on any atom is 0.191 e. The van der Waals surface area contributed by atoms with Crippen molar-refractivity contribution in [1.29, 1.82) is 0 Å². The van der Waals surface area contributed by atoms with Crippen LogP contribution in [0.3, 0.4) is 0 Å². The Morgan fingerprint density at radius 1 is 1.29 bits per heavy atom. The highest BCUT2D eigenvalue weighted by Gasteiger charge is 2.36. The zero-order chi connectivity index (χ0) is 11.8. The second-order valence-electron chi connectivity index (χ2n) is 4.86. The Balaban J connectivity index is 1.74. The Labute approximate surface area is 104 Å². The molecule has 2 saturated carbocycles. The van der Waals surface area contributed by atoms with E-state index in [4.69, 9.17) is 5.11 Å². The Hall–Kier alpha value is -0.590. The van der Waals surface area contributed by atoms with E-state index in [1.807, 2.05) is 0 Å². The van der Waals surface area contributed by atoms with Crippen LogP contribution in [0.4, 0.5) is 0 Å². The van der Waals surface area contributed by atoms with Crippen LogP contribution in [-0.4, -0.2) is 43.4 Å². The summed E-state index contributed by atoms with van der Waals surface area (Å²) in [6.07, 6.45) is 4.22. The lowest BCUT2D eigenvalue weighted by Crippen LogP contribution is -2.15. The third-order valence-corrected chi connectivity index (χ3v) is 4.25. The van der Waals surface area contributed by atoms with Gasteiger partial charge in [0.2, 0.25) is 0 Å².